The van der Waals surface area contributed by atoms with E-state index >= 15 is 0 Å². The molecule has 4 rings (SSSR count). The molecule has 2 aromatic carbocycles. The maximum atomic E-state index is 13.1. The Hall–Kier alpha value is -3.28. The summed E-state index contributed by atoms with van der Waals surface area (Å²) in [6.07, 6.45) is 3.01. The lowest BCUT2D eigenvalue weighted by molar-refractivity contribution is 0.197. The summed E-state index contributed by atoms with van der Waals surface area (Å²) >= 11 is 0. The average molecular weight is 390 g/mol. The number of benzene rings is 2. The zero-order valence-corrected chi connectivity index (χ0v) is 17.1. The fourth-order valence-electron chi connectivity index (χ4n) is 4.18. The van der Waals surface area contributed by atoms with E-state index in [0.717, 1.165) is 24.9 Å². The molecule has 0 saturated carbocycles. The Kier molecular flexibility index (Phi) is 5.01. The highest BCUT2D eigenvalue weighted by molar-refractivity contribution is 5.90. The molecule has 2 amide bonds. The highest BCUT2D eigenvalue weighted by Crippen LogP contribution is 2.33. The van der Waals surface area contributed by atoms with Gasteiger partial charge in [-0.05, 0) is 49.4 Å². The molecule has 1 atom stereocenters. The molecule has 0 spiro atoms. The van der Waals surface area contributed by atoms with Crippen molar-refractivity contribution < 1.29 is 4.79 Å². The Morgan fingerprint density at radius 3 is 2.55 bits per heavy atom. The number of carbonyl (C=O) groups is 1. The third-order valence-electron chi connectivity index (χ3n) is 5.91. The summed E-state index contributed by atoms with van der Waals surface area (Å²) in [7, 11) is 3.62. The monoisotopic (exact) mass is 390 g/mol. The van der Waals surface area contributed by atoms with E-state index in [1.807, 2.05) is 56.4 Å². The molecule has 1 heterocycles. The number of hydrogen-bond donors (Lipinski definition) is 1. The molecule has 1 N–H and O–H groups in total. The normalized spacial score (nSPS) is 15.6. The molecular formula is C23H26N4O2. The molecule has 0 radical (unpaired) electrons. The predicted molar refractivity (Wildman–Crippen MR) is 115 cm³/mol. The first kappa shape index (κ1) is 19.1. The van der Waals surface area contributed by atoms with Gasteiger partial charge in [0.1, 0.15) is 5.69 Å². The summed E-state index contributed by atoms with van der Waals surface area (Å²) in [4.78, 5) is 27.8. The van der Waals surface area contributed by atoms with Gasteiger partial charge in [-0.1, -0.05) is 42.5 Å². The van der Waals surface area contributed by atoms with E-state index in [-0.39, 0.29) is 17.6 Å². The molecule has 1 aromatic heterocycles. The topological polar surface area (TPSA) is 59.3 Å². The summed E-state index contributed by atoms with van der Waals surface area (Å²) in [6, 6.07) is 17.5. The Morgan fingerprint density at radius 2 is 1.79 bits per heavy atom. The van der Waals surface area contributed by atoms with Gasteiger partial charge in [-0.3, -0.25) is 9.48 Å². The van der Waals surface area contributed by atoms with Crippen molar-refractivity contribution in [2.45, 2.75) is 32.2 Å². The van der Waals surface area contributed by atoms with Crippen molar-refractivity contribution in [2.24, 2.45) is 7.05 Å². The zero-order valence-electron chi connectivity index (χ0n) is 17.1. The fraction of sp³-hybridized carbons (Fsp3) is 0.304. The minimum Gasteiger partial charge on any atom is -0.321 e. The molecule has 1 aliphatic carbocycles. The highest BCUT2D eigenvalue weighted by atomic mass is 16.2. The number of aryl methyl sites for hydroxylation is 1. The Morgan fingerprint density at radius 1 is 1.10 bits per heavy atom. The van der Waals surface area contributed by atoms with Gasteiger partial charge in [-0.2, -0.15) is 0 Å². The lowest BCUT2D eigenvalue weighted by Gasteiger charge is -2.33. The lowest BCUT2D eigenvalue weighted by Crippen LogP contribution is -2.37. The standard InChI is InChI=1S/C23H26N4O2/c1-16-21(22(28)27(26(16)3)18-12-5-4-6-13-18)24-23(29)25(2)20-15-9-11-17-10-7-8-14-19(17)20/h4-8,10,12-14,20H,9,11,15H2,1-3H3,(H,24,29). The molecule has 150 valence electrons. The number of hydrogen-bond acceptors (Lipinski definition) is 2. The van der Waals surface area contributed by atoms with E-state index in [1.54, 1.807) is 21.3 Å². The molecule has 6 nitrogen and oxygen atoms in total. The van der Waals surface area contributed by atoms with Gasteiger partial charge in [0, 0.05) is 14.1 Å². The van der Waals surface area contributed by atoms with Gasteiger partial charge in [-0.25, -0.2) is 9.48 Å². The van der Waals surface area contributed by atoms with Crippen LogP contribution in [0.4, 0.5) is 10.5 Å². The largest absolute Gasteiger partial charge is 0.322 e. The Balaban J connectivity index is 1.62. The number of fused-ring (bicyclic) bond motifs is 1. The highest BCUT2D eigenvalue weighted by Gasteiger charge is 2.28. The van der Waals surface area contributed by atoms with Gasteiger partial charge in [0.15, 0.2) is 0 Å². The van der Waals surface area contributed by atoms with Crippen LogP contribution in [-0.2, 0) is 13.5 Å². The summed E-state index contributed by atoms with van der Waals surface area (Å²) < 4.78 is 3.34. The smallest absolute Gasteiger partial charge is 0.321 e. The van der Waals surface area contributed by atoms with Crippen molar-refractivity contribution in [2.75, 3.05) is 12.4 Å². The van der Waals surface area contributed by atoms with Crippen LogP contribution in [0.1, 0.15) is 35.7 Å². The van der Waals surface area contributed by atoms with Crippen LogP contribution in [0.25, 0.3) is 5.69 Å². The number of aromatic nitrogens is 2. The second kappa shape index (κ2) is 7.62. The van der Waals surface area contributed by atoms with Crippen molar-refractivity contribution in [3.63, 3.8) is 0 Å². The maximum Gasteiger partial charge on any atom is 0.322 e. The second-order valence-electron chi connectivity index (χ2n) is 7.58. The van der Waals surface area contributed by atoms with E-state index in [4.69, 9.17) is 0 Å². The molecule has 6 heteroatoms. The number of amides is 2. The molecule has 0 aliphatic heterocycles. The molecule has 0 saturated heterocycles. The first-order valence-electron chi connectivity index (χ1n) is 9.94. The number of anilines is 1. The number of nitrogens with one attached hydrogen (secondary N) is 1. The Labute approximate surface area is 170 Å². The van der Waals surface area contributed by atoms with Gasteiger partial charge < -0.3 is 10.2 Å². The molecule has 0 fully saturated rings. The lowest BCUT2D eigenvalue weighted by atomic mass is 9.87. The maximum absolute atomic E-state index is 13.1. The van der Waals surface area contributed by atoms with Crippen molar-refractivity contribution >= 4 is 11.7 Å². The van der Waals surface area contributed by atoms with E-state index in [9.17, 15) is 9.59 Å². The zero-order chi connectivity index (χ0) is 20.5. The van der Waals surface area contributed by atoms with Crippen molar-refractivity contribution in [1.29, 1.82) is 0 Å². The number of para-hydroxylation sites is 1. The minimum atomic E-state index is -0.266. The molecule has 1 aliphatic rings. The van der Waals surface area contributed by atoms with Crippen LogP contribution in [0.3, 0.4) is 0 Å². The van der Waals surface area contributed by atoms with Gasteiger partial charge in [-0.15, -0.1) is 0 Å². The van der Waals surface area contributed by atoms with Gasteiger partial charge >= 0.3 is 6.03 Å². The van der Waals surface area contributed by atoms with Crippen molar-refractivity contribution in [3.8, 4) is 5.69 Å². The van der Waals surface area contributed by atoms with Crippen LogP contribution in [-0.4, -0.2) is 27.3 Å². The van der Waals surface area contributed by atoms with Gasteiger partial charge in [0.2, 0.25) is 0 Å². The van der Waals surface area contributed by atoms with Crippen LogP contribution in [0.15, 0.2) is 59.4 Å². The van der Waals surface area contributed by atoms with Crippen molar-refractivity contribution in [1.82, 2.24) is 14.3 Å². The molecule has 29 heavy (non-hydrogen) atoms. The molecule has 3 aromatic rings. The van der Waals surface area contributed by atoms with Crippen LogP contribution in [0.5, 0.6) is 0 Å². The van der Waals surface area contributed by atoms with Crippen LogP contribution in [0, 0.1) is 6.92 Å². The van der Waals surface area contributed by atoms with Crippen LogP contribution >= 0.6 is 0 Å². The van der Waals surface area contributed by atoms with Crippen LogP contribution in [0.2, 0.25) is 0 Å². The first-order chi connectivity index (χ1) is 14.0. The SMILES string of the molecule is Cc1c(NC(=O)N(C)C2CCCc3ccccc32)c(=O)n(-c2ccccc2)n1C. The quantitative estimate of drug-likeness (QED) is 0.734. The average Bonchev–Trinajstić information content (AvgIpc) is 2.96. The van der Waals surface area contributed by atoms with Crippen LogP contribution < -0.4 is 10.9 Å². The number of rotatable bonds is 3. The van der Waals surface area contributed by atoms with Gasteiger partial charge in [0.25, 0.3) is 5.56 Å². The number of urea groups is 1. The van der Waals surface area contributed by atoms with Crippen molar-refractivity contribution in [3.05, 3.63) is 81.8 Å². The minimum absolute atomic E-state index is 0.0142. The third kappa shape index (κ3) is 3.35. The summed E-state index contributed by atoms with van der Waals surface area (Å²) in [6.45, 7) is 1.84. The Bertz CT molecular complexity index is 1100. The van der Waals surface area contributed by atoms with E-state index < -0.39 is 0 Å². The number of nitrogens with zero attached hydrogens (tertiary/aromatic N) is 3. The first-order valence-corrected chi connectivity index (χ1v) is 9.94. The summed E-state index contributed by atoms with van der Waals surface area (Å²) in [5.41, 5.74) is 4.05. The number of carbonyl (C=O) groups excluding carboxylic acids is 1. The molecule has 1 unspecified atom stereocenters. The second-order valence-corrected chi connectivity index (χ2v) is 7.58. The van der Waals surface area contributed by atoms with E-state index in [0.29, 0.717) is 11.4 Å². The van der Waals surface area contributed by atoms with E-state index in [1.165, 1.54) is 11.1 Å². The van der Waals surface area contributed by atoms with E-state index in [2.05, 4.69) is 17.4 Å². The predicted octanol–water partition coefficient (Wildman–Crippen LogP) is 4.03. The summed E-state index contributed by atoms with van der Waals surface area (Å²) in [5, 5.41) is 2.87. The summed E-state index contributed by atoms with van der Waals surface area (Å²) in [5.74, 6) is 0. The van der Waals surface area contributed by atoms with Gasteiger partial charge in [0.05, 0.1) is 17.4 Å². The molecule has 0 bridgehead atoms. The third-order valence-corrected chi connectivity index (χ3v) is 5.91. The molecular weight excluding hydrogens is 364 g/mol. The fourth-order valence-corrected chi connectivity index (χ4v) is 4.18.